The summed E-state index contributed by atoms with van der Waals surface area (Å²) in [6, 6.07) is 5.41. The van der Waals surface area contributed by atoms with Gasteiger partial charge in [-0.2, -0.15) is 0 Å². The maximum absolute atomic E-state index is 11.9. The Balaban J connectivity index is 2.82. The van der Waals surface area contributed by atoms with Gasteiger partial charge in [0.2, 0.25) is 0 Å². The van der Waals surface area contributed by atoms with E-state index in [2.05, 4.69) is 5.32 Å². The van der Waals surface area contributed by atoms with E-state index in [1.807, 2.05) is 19.9 Å². The topological polar surface area (TPSA) is 38.3 Å². The molecule has 94 valence electrons. The highest BCUT2D eigenvalue weighted by atomic mass is 35.5. The molecule has 3 nitrogen and oxygen atoms in total. The van der Waals surface area contributed by atoms with Crippen LogP contribution in [0, 0.1) is 6.92 Å². The average Bonchev–Trinajstić information content (AvgIpc) is 2.36. The van der Waals surface area contributed by atoms with Crippen molar-refractivity contribution in [1.29, 1.82) is 0 Å². The molecule has 1 atom stereocenters. The van der Waals surface area contributed by atoms with Gasteiger partial charge in [-0.1, -0.05) is 13.0 Å². The second-order valence-electron chi connectivity index (χ2n) is 3.92. The monoisotopic (exact) mass is 255 g/mol. The van der Waals surface area contributed by atoms with E-state index >= 15 is 0 Å². The lowest BCUT2D eigenvalue weighted by Crippen LogP contribution is -2.35. The molecule has 0 aliphatic heterocycles. The zero-order valence-corrected chi connectivity index (χ0v) is 11.2. The van der Waals surface area contributed by atoms with Gasteiger partial charge in [-0.05, 0) is 31.0 Å². The van der Waals surface area contributed by atoms with Crippen molar-refractivity contribution in [2.24, 2.45) is 0 Å². The van der Waals surface area contributed by atoms with E-state index < -0.39 is 0 Å². The molecule has 1 unspecified atom stereocenters. The summed E-state index contributed by atoms with van der Waals surface area (Å²) in [6.07, 6.45) is 0.818. The molecule has 0 aromatic heterocycles. The van der Waals surface area contributed by atoms with Gasteiger partial charge in [-0.15, -0.1) is 11.6 Å². The van der Waals surface area contributed by atoms with Crippen LogP contribution in [0.15, 0.2) is 18.2 Å². The Kier molecular flexibility index (Phi) is 5.29. The second-order valence-corrected chi connectivity index (χ2v) is 4.23. The molecular weight excluding hydrogens is 238 g/mol. The van der Waals surface area contributed by atoms with Gasteiger partial charge >= 0.3 is 0 Å². The van der Waals surface area contributed by atoms with E-state index in [9.17, 15) is 4.79 Å². The van der Waals surface area contributed by atoms with Crippen molar-refractivity contribution in [1.82, 2.24) is 5.32 Å². The van der Waals surface area contributed by atoms with Gasteiger partial charge in [0.25, 0.3) is 5.91 Å². The molecule has 0 aliphatic carbocycles. The van der Waals surface area contributed by atoms with Crippen molar-refractivity contribution >= 4 is 17.5 Å². The number of benzene rings is 1. The van der Waals surface area contributed by atoms with E-state index in [1.165, 1.54) is 0 Å². The number of hydrogen-bond acceptors (Lipinski definition) is 2. The van der Waals surface area contributed by atoms with Crippen molar-refractivity contribution in [3.63, 3.8) is 0 Å². The molecular formula is C13H18ClNO2. The first-order valence-corrected chi connectivity index (χ1v) is 6.17. The van der Waals surface area contributed by atoms with Gasteiger partial charge in [0.15, 0.2) is 0 Å². The zero-order valence-electron chi connectivity index (χ0n) is 10.4. The van der Waals surface area contributed by atoms with Crippen molar-refractivity contribution in [3.05, 3.63) is 29.3 Å². The predicted molar refractivity (Wildman–Crippen MR) is 70.0 cm³/mol. The molecule has 0 radical (unpaired) electrons. The SMILES string of the molecule is CCC(CCl)NC(=O)c1ccc(C)c(OC)c1. The lowest BCUT2D eigenvalue weighted by Gasteiger charge is -2.14. The van der Waals surface area contributed by atoms with Crippen molar-refractivity contribution in [2.75, 3.05) is 13.0 Å². The molecule has 0 aliphatic rings. The fraction of sp³-hybridized carbons (Fsp3) is 0.462. The molecule has 1 rings (SSSR count). The van der Waals surface area contributed by atoms with Crippen molar-refractivity contribution in [3.8, 4) is 5.75 Å². The second kappa shape index (κ2) is 6.50. The smallest absolute Gasteiger partial charge is 0.251 e. The lowest BCUT2D eigenvalue weighted by molar-refractivity contribution is 0.0939. The van der Waals surface area contributed by atoms with Gasteiger partial charge in [-0.25, -0.2) is 0 Å². The zero-order chi connectivity index (χ0) is 12.8. The largest absolute Gasteiger partial charge is 0.496 e. The van der Waals surface area contributed by atoms with E-state index in [4.69, 9.17) is 16.3 Å². The highest BCUT2D eigenvalue weighted by Crippen LogP contribution is 2.19. The lowest BCUT2D eigenvalue weighted by atomic mass is 10.1. The Morgan fingerprint density at radius 2 is 2.24 bits per heavy atom. The van der Waals surface area contributed by atoms with E-state index in [1.54, 1.807) is 19.2 Å². The fourth-order valence-corrected chi connectivity index (χ4v) is 1.78. The minimum Gasteiger partial charge on any atom is -0.496 e. The van der Waals surface area contributed by atoms with Crippen LogP contribution >= 0.6 is 11.6 Å². The highest BCUT2D eigenvalue weighted by molar-refractivity contribution is 6.18. The molecule has 1 N–H and O–H groups in total. The number of ether oxygens (including phenoxy) is 1. The first-order valence-electron chi connectivity index (χ1n) is 5.63. The summed E-state index contributed by atoms with van der Waals surface area (Å²) >= 11 is 5.74. The quantitative estimate of drug-likeness (QED) is 0.822. The molecule has 0 heterocycles. The Hall–Kier alpha value is -1.22. The summed E-state index contributed by atoms with van der Waals surface area (Å²) in [6.45, 7) is 3.93. The fourth-order valence-electron chi connectivity index (χ4n) is 1.48. The molecule has 0 spiro atoms. The normalized spacial score (nSPS) is 12.0. The Labute approximate surface area is 107 Å². The summed E-state index contributed by atoms with van der Waals surface area (Å²) in [4.78, 5) is 11.9. The number of nitrogens with one attached hydrogen (secondary N) is 1. The minimum absolute atomic E-state index is 0.0106. The summed E-state index contributed by atoms with van der Waals surface area (Å²) in [7, 11) is 1.59. The molecule has 1 aromatic rings. The number of carbonyl (C=O) groups excluding carboxylic acids is 1. The Morgan fingerprint density at radius 1 is 1.53 bits per heavy atom. The standard InChI is InChI=1S/C13H18ClNO2/c1-4-11(8-14)15-13(16)10-6-5-9(2)12(7-10)17-3/h5-7,11H,4,8H2,1-3H3,(H,15,16). The van der Waals surface area contributed by atoms with Crippen LogP contribution < -0.4 is 10.1 Å². The molecule has 17 heavy (non-hydrogen) atoms. The van der Waals surface area contributed by atoms with Crippen LogP contribution in [0.25, 0.3) is 0 Å². The summed E-state index contributed by atoms with van der Waals surface area (Å²) < 4.78 is 5.19. The summed E-state index contributed by atoms with van der Waals surface area (Å²) in [5.41, 5.74) is 1.60. The van der Waals surface area contributed by atoms with Gasteiger partial charge in [0.05, 0.1) is 7.11 Å². The van der Waals surface area contributed by atoms with E-state index in [0.717, 1.165) is 17.7 Å². The van der Waals surface area contributed by atoms with Crippen LogP contribution in [0.5, 0.6) is 5.75 Å². The predicted octanol–water partition coefficient (Wildman–Crippen LogP) is 2.75. The third kappa shape index (κ3) is 3.63. The number of hydrogen-bond donors (Lipinski definition) is 1. The average molecular weight is 256 g/mol. The van der Waals surface area contributed by atoms with Crippen LogP contribution in [0.4, 0.5) is 0 Å². The molecule has 1 aromatic carbocycles. The number of rotatable bonds is 5. The summed E-state index contributed by atoms with van der Waals surface area (Å²) in [5, 5.41) is 2.88. The third-order valence-corrected chi connectivity index (χ3v) is 3.06. The molecule has 1 amide bonds. The van der Waals surface area contributed by atoms with Crippen molar-refractivity contribution < 1.29 is 9.53 Å². The van der Waals surface area contributed by atoms with Gasteiger partial charge in [-0.3, -0.25) is 4.79 Å². The number of alkyl halides is 1. The van der Waals surface area contributed by atoms with E-state index in [0.29, 0.717) is 11.4 Å². The maximum atomic E-state index is 11.9. The number of amides is 1. The third-order valence-electron chi connectivity index (χ3n) is 2.68. The minimum atomic E-state index is -0.115. The van der Waals surface area contributed by atoms with Crippen LogP contribution in [-0.4, -0.2) is 24.9 Å². The van der Waals surface area contributed by atoms with Gasteiger partial charge in [0.1, 0.15) is 5.75 Å². The Morgan fingerprint density at radius 3 is 2.76 bits per heavy atom. The molecule has 0 fully saturated rings. The molecule has 0 bridgehead atoms. The highest BCUT2D eigenvalue weighted by Gasteiger charge is 2.12. The maximum Gasteiger partial charge on any atom is 0.251 e. The van der Waals surface area contributed by atoms with Gasteiger partial charge < -0.3 is 10.1 Å². The van der Waals surface area contributed by atoms with Crippen LogP contribution in [0.3, 0.4) is 0 Å². The first-order chi connectivity index (χ1) is 8.12. The molecule has 0 saturated heterocycles. The van der Waals surface area contributed by atoms with Crippen molar-refractivity contribution in [2.45, 2.75) is 26.3 Å². The van der Waals surface area contributed by atoms with Gasteiger partial charge in [0, 0.05) is 17.5 Å². The van der Waals surface area contributed by atoms with Crippen LogP contribution in [0.1, 0.15) is 29.3 Å². The number of methoxy groups -OCH3 is 1. The number of halogens is 1. The molecule has 4 heteroatoms. The van der Waals surface area contributed by atoms with Crippen LogP contribution in [-0.2, 0) is 0 Å². The van der Waals surface area contributed by atoms with Crippen LogP contribution in [0.2, 0.25) is 0 Å². The molecule has 0 saturated carbocycles. The Bertz CT molecular complexity index is 389. The summed E-state index contributed by atoms with van der Waals surface area (Å²) in [5.74, 6) is 1.03. The van der Waals surface area contributed by atoms with E-state index in [-0.39, 0.29) is 11.9 Å². The number of aryl methyl sites for hydroxylation is 1. The first kappa shape index (κ1) is 13.8. The number of carbonyl (C=O) groups is 1.